The fraction of sp³-hybridized carbons (Fsp3) is 0.100. The van der Waals surface area contributed by atoms with Gasteiger partial charge in [0.1, 0.15) is 5.82 Å². The zero-order valence-electron chi connectivity index (χ0n) is 15.8. The van der Waals surface area contributed by atoms with Crippen molar-refractivity contribution >= 4 is 34.9 Å². The number of H-pyrrole nitrogens is 1. The van der Waals surface area contributed by atoms with Crippen molar-refractivity contribution < 1.29 is 4.39 Å². The summed E-state index contributed by atoms with van der Waals surface area (Å²) in [7, 11) is 1.51. The second kappa shape index (κ2) is 7.96. The summed E-state index contributed by atoms with van der Waals surface area (Å²) >= 11 is 5.88. The molecule has 2 heterocycles. The summed E-state index contributed by atoms with van der Waals surface area (Å²) in [5.74, 6) is -0.105. The largest absolute Gasteiger partial charge is 0.329 e. The molecule has 0 aliphatic rings. The number of imidazole rings is 1. The number of aromatic nitrogens is 4. The SMILES string of the molecule is Cn1c(=O)[nH]c(=O)c2c1nc(N/N=C/c1ccc(Cl)cc1)n2Cc1ccc(F)cc1. The number of halogens is 2. The fourth-order valence-corrected chi connectivity index (χ4v) is 3.09. The topological polar surface area (TPSA) is 97.1 Å². The van der Waals surface area contributed by atoms with Gasteiger partial charge in [0, 0.05) is 12.1 Å². The van der Waals surface area contributed by atoms with Crippen molar-refractivity contribution in [2.24, 2.45) is 12.1 Å². The monoisotopic (exact) mass is 426 g/mol. The van der Waals surface area contributed by atoms with E-state index in [0.717, 1.165) is 11.1 Å². The Morgan fingerprint density at radius 3 is 2.57 bits per heavy atom. The van der Waals surface area contributed by atoms with Gasteiger partial charge in [-0.15, -0.1) is 0 Å². The summed E-state index contributed by atoms with van der Waals surface area (Å²) in [6.07, 6.45) is 1.57. The van der Waals surface area contributed by atoms with Crippen LogP contribution in [0.15, 0.2) is 63.2 Å². The smallest absolute Gasteiger partial charge is 0.298 e. The lowest BCUT2D eigenvalue weighted by atomic mass is 10.2. The Morgan fingerprint density at radius 2 is 1.87 bits per heavy atom. The normalized spacial score (nSPS) is 11.4. The Hall–Kier alpha value is -3.72. The van der Waals surface area contributed by atoms with Crippen molar-refractivity contribution in [2.75, 3.05) is 5.43 Å². The molecule has 0 atom stereocenters. The Labute approximate surface area is 174 Å². The lowest BCUT2D eigenvalue weighted by Gasteiger charge is -2.08. The molecule has 0 aliphatic heterocycles. The molecule has 8 nitrogen and oxygen atoms in total. The van der Waals surface area contributed by atoms with E-state index in [1.807, 2.05) is 0 Å². The molecule has 4 aromatic rings. The van der Waals surface area contributed by atoms with Crippen LogP contribution in [0, 0.1) is 5.82 Å². The summed E-state index contributed by atoms with van der Waals surface area (Å²) in [4.78, 5) is 31.1. The van der Waals surface area contributed by atoms with E-state index >= 15 is 0 Å². The number of nitrogens with zero attached hydrogens (tertiary/aromatic N) is 4. The molecule has 0 unspecified atom stereocenters. The van der Waals surface area contributed by atoms with E-state index < -0.39 is 11.2 Å². The molecular formula is C20H16ClFN6O2. The maximum absolute atomic E-state index is 13.3. The van der Waals surface area contributed by atoms with E-state index in [-0.39, 0.29) is 29.5 Å². The Bertz CT molecular complexity index is 1350. The number of hydrazone groups is 1. The first-order valence-corrected chi connectivity index (χ1v) is 9.29. The zero-order chi connectivity index (χ0) is 21.3. The highest BCUT2D eigenvalue weighted by Gasteiger charge is 2.17. The summed E-state index contributed by atoms with van der Waals surface area (Å²) in [5.41, 5.74) is 3.62. The van der Waals surface area contributed by atoms with Crippen LogP contribution < -0.4 is 16.7 Å². The van der Waals surface area contributed by atoms with Gasteiger partial charge in [-0.1, -0.05) is 35.9 Å². The van der Waals surface area contributed by atoms with Crippen molar-refractivity contribution in [2.45, 2.75) is 6.54 Å². The van der Waals surface area contributed by atoms with Gasteiger partial charge in [0.05, 0.1) is 12.8 Å². The minimum atomic E-state index is -0.574. The summed E-state index contributed by atoms with van der Waals surface area (Å²) in [6, 6.07) is 13.0. The van der Waals surface area contributed by atoms with Crippen LogP contribution in [0.4, 0.5) is 10.3 Å². The van der Waals surface area contributed by atoms with Gasteiger partial charge in [-0.3, -0.25) is 18.9 Å². The van der Waals surface area contributed by atoms with Crippen molar-refractivity contribution in [1.29, 1.82) is 0 Å². The molecule has 0 radical (unpaired) electrons. The van der Waals surface area contributed by atoms with Crippen molar-refractivity contribution in [3.05, 3.63) is 91.3 Å². The van der Waals surface area contributed by atoms with Gasteiger partial charge >= 0.3 is 5.69 Å². The second-order valence-corrected chi connectivity index (χ2v) is 7.00. The average Bonchev–Trinajstić information content (AvgIpc) is 3.08. The van der Waals surface area contributed by atoms with Gasteiger partial charge in [-0.25, -0.2) is 14.6 Å². The molecule has 0 bridgehead atoms. The number of rotatable bonds is 5. The molecule has 10 heteroatoms. The van der Waals surface area contributed by atoms with Gasteiger partial charge in [0.25, 0.3) is 5.56 Å². The van der Waals surface area contributed by atoms with E-state index in [9.17, 15) is 14.0 Å². The molecule has 0 saturated carbocycles. The van der Waals surface area contributed by atoms with Crippen LogP contribution in [0.5, 0.6) is 0 Å². The van der Waals surface area contributed by atoms with Gasteiger partial charge in [-0.05, 0) is 35.4 Å². The van der Waals surface area contributed by atoms with Crippen molar-refractivity contribution in [1.82, 2.24) is 19.1 Å². The lowest BCUT2D eigenvalue weighted by Crippen LogP contribution is -2.29. The molecule has 0 fully saturated rings. The number of nitrogens with one attached hydrogen (secondary N) is 2. The summed E-state index contributed by atoms with van der Waals surface area (Å²) in [6.45, 7) is 0.219. The number of fused-ring (bicyclic) bond motifs is 1. The molecule has 0 aliphatic carbocycles. The molecule has 0 amide bonds. The average molecular weight is 427 g/mol. The summed E-state index contributed by atoms with van der Waals surface area (Å²) in [5, 5.41) is 4.79. The Morgan fingerprint density at radius 1 is 1.17 bits per heavy atom. The number of benzene rings is 2. The van der Waals surface area contributed by atoms with Gasteiger partial charge in [0.2, 0.25) is 5.95 Å². The highest BCUT2D eigenvalue weighted by atomic mass is 35.5. The third-order valence-electron chi connectivity index (χ3n) is 4.51. The minimum absolute atomic E-state index is 0.200. The number of aryl methyl sites for hydroxylation is 1. The van der Waals surface area contributed by atoms with Crippen LogP contribution in [0.1, 0.15) is 11.1 Å². The second-order valence-electron chi connectivity index (χ2n) is 6.56. The maximum Gasteiger partial charge on any atom is 0.329 e. The molecule has 2 aromatic heterocycles. The van der Waals surface area contributed by atoms with Crippen molar-refractivity contribution in [3.63, 3.8) is 0 Å². The lowest BCUT2D eigenvalue weighted by molar-refractivity contribution is 0.626. The van der Waals surface area contributed by atoms with Crippen LogP contribution in [0.25, 0.3) is 11.2 Å². The predicted molar refractivity (Wildman–Crippen MR) is 114 cm³/mol. The molecule has 0 spiro atoms. The Balaban J connectivity index is 1.77. The van der Waals surface area contributed by atoms with E-state index in [1.54, 1.807) is 47.2 Å². The molecule has 30 heavy (non-hydrogen) atoms. The predicted octanol–water partition coefficient (Wildman–Crippen LogP) is 2.71. The van der Waals surface area contributed by atoms with Crippen LogP contribution >= 0.6 is 11.6 Å². The third kappa shape index (κ3) is 3.87. The van der Waals surface area contributed by atoms with E-state index in [0.29, 0.717) is 5.02 Å². The van der Waals surface area contributed by atoms with Gasteiger partial charge in [-0.2, -0.15) is 10.1 Å². The van der Waals surface area contributed by atoms with Crippen LogP contribution in [0.2, 0.25) is 5.02 Å². The fourth-order valence-electron chi connectivity index (χ4n) is 2.96. The first kappa shape index (κ1) is 19.6. The maximum atomic E-state index is 13.3. The van der Waals surface area contributed by atoms with Gasteiger partial charge < -0.3 is 0 Å². The molecule has 2 N–H and O–H groups in total. The number of aromatic amines is 1. The molecule has 152 valence electrons. The van der Waals surface area contributed by atoms with Crippen molar-refractivity contribution in [3.8, 4) is 0 Å². The van der Waals surface area contributed by atoms with Gasteiger partial charge in [0.15, 0.2) is 11.2 Å². The first-order valence-electron chi connectivity index (χ1n) is 8.91. The van der Waals surface area contributed by atoms with Crippen LogP contribution in [-0.2, 0) is 13.6 Å². The molecule has 2 aromatic carbocycles. The highest BCUT2D eigenvalue weighted by molar-refractivity contribution is 6.30. The molecular weight excluding hydrogens is 411 g/mol. The molecule has 0 saturated heterocycles. The van der Waals surface area contributed by atoms with E-state index in [4.69, 9.17) is 11.6 Å². The third-order valence-corrected chi connectivity index (χ3v) is 4.76. The van der Waals surface area contributed by atoms with Crippen LogP contribution in [0.3, 0.4) is 0 Å². The van der Waals surface area contributed by atoms with Crippen LogP contribution in [-0.4, -0.2) is 25.3 Å². The quantitative estimate of drug-likeness (QED) is 0.379. The van der Waals surface area contributed by atoms with E-state index in [1.165, 1.54) is 23.7 Å². The highest BCUT2D eigenvalue weighted by Crippen LogP contribution is 2.18. The zero-order valence-corrected chi connectivity index (χ0v) is 16.5. The number of anilines is 1. The standard InChI is InChI=1S/C20H16ClFN6O2/c1-27-17-16(18(29)25-20(27)30)28(11-13-4-8-15(22)9-5-13)19(24-17)26-23-10-12-2-6-14(21)7-3-12/h2-10H,11H2,1H3,(H,24,26)(H,25,29,30)/b23-10+. The van der Waals surface area contributed by atoms with E-state index in [2.05, 4.69) is 20.5 Å². The number of hydrogen-bond donors (Lipinski definition) is 2. The summed E-state index contributed by atoms with van der Waals surface area (Å²) < 4.78 is 16.1. The first-order chi connectivity index (χ1) is 14.4. The minimum Gasteiger partial charge on any atom is -0.298 e. The Kier molecular flexibility index (Phi) is 5.20. The molecule has 4 rings (SSSR count). The number of hydrogen-bond acceptors (Lipinski definition) is 5.